The lowest BCUT2D eigenvalue weighted by Crippen LogP contribution is -2.44. The standard InChI is InChI=1S/C17H25FN2O2/c18-15-5-3-14(4-6-15)17-2-1-7-20(17)13-16(21)12-19-8-10-22-11-9-19/h3-6,16-17,21H,1-2,7-13H2. The highest BCUT2D eigenvalue weighted by Crippen LogP contribution is 2.31. The first kappa shape index (κ1) is 15.9. The minimum atomic E-state index is -0.348. The fourth-order valence-corrected chi connectivity index (χ4v) is 3.52. The normalized spacial score (nSPS) is 25.5. The molecule has 2 aliphatic rings. The first-order valence-electron chi connectivity index (χ1n) is 8.20. The van der Waals surface area contributed by atoms with Crippen LogP contribution in [0, 0.1) is 5.82 Å². The Morgan fingerprint density at radius 1 is 1.14 bits per heavy atom. The van der Waals surface area contributed by atoms with Crippen LogP contribution in [0.4, 0.5) is 4.39 Å². The molecule has 2 aliphatic heterocycles. The van der Waals surface area contributed by atoms with Crippen LogP contribution >= 0.6 is 0 Å². The maximum atomic E-state index is 13.1. The average Bonchev–Trinajstić information content (AvgIpc) is 2.97. The van der Waals surface area contributed by atoms with Gasteiger partial charge in [-0.3, -0.25) is 9.80 Å². The van der Waals surface area contributed by atoms with Gasteiger partial charge in [0, 0.05) is 32.2 Å². The van der Waals surface area contributed by atoms with Crippen LogP contribution in [0.3, 0.4) is 0 Å². The Bertz CT molecular complexity index is 462. The summed E-state index contributed by atoms with van der Waals surface area (Å²) in [5.74, 6) is -0.194. The summed E-state index contributed by atoms with van der Waals surface area (Å²) in [5.41, 5.74) is 1.15. The summed E-state index contributed by atoms with van der Waals surface area (Å²) in [4.78, 5) is 4.59. The topological polar surface area (TPSA) is 35.9 Å². The molecule has 1 aromatic rings. The van der Waals surface area contributed by atoms with Crippen LogP contribution in [-0.2, 0) is 4.74 Å². The molecule has 2 heterocycles. The van der Waals surface area contributed by atoms with Crippen LogP contribution in [0.25, 0.3) is 0 Å². The van der Waals surface area contributed by atoms with E-state index in [-0.39, 0.29) is 11.9 Å². The molecule has 4 nitrogen and oxygen atoms in total. The van der Waals surface area contributed by atoms with Gasteiger partial charge in [0.15, 0.2) is 0 Å². The fourth-order valence-electron chi connectivity index (χ4n) is 3.52. The first-order chi connectivity index (χ1) is 10.7. The van der Waals surface area contributed by atoms with Crippen molar-refractivity contribution >= 4 is 0 Å². The lowest BCUT2D eigenvalue weighted by molar-refractivity contribution is 0.00585. The molecule has 3 rings (SSSR count). The maximum absolute atomic E-state index is 13.1. The van der Waals surface area contributed by atoms with Gasteiger partial charge in [0.05, 0.1) is 19.3 Å². The van der Waals surface area contributed by atoms with Crippen molar-refractivity contribution in [1.29, 1.82) is 0 Å². The van der Waals surface area contributed by atoms with Crippen molar-refractivity contribution in [3.8, 4) is 0 Å². The van der Waals surface area contributed by atoms with E-state index in [1.807, 2.05) is 12.1 Å². The molecule has 0 aliphatic carbocycles. The molecule has 2 fully saturated rings. The summed E-state index contributed by atoms with van der Waals surface area (Å²) < 4.78 is 18.4. The van der Waals surface area contributed by atoms with Gasteiger partial charge in [0.1, 0.15) is 5.82 Å². The Hall–Kier alpha value is -1.01. The number of rotatable bonds is 5. The van der Waals surface area contributed by atoms with E-state index in [1.165, 1.54) is 12.1 Å². The summed E-state index contributed by atoms with van der Waals surface area (Å²) in [6, 6.07) is 7.09. The zero-order valence-corrected chi connectivity index (χ0v) is 13.0. The fraction of sp³-hybridized carbons (Fsp3) is 0.647. The van der Waals surface area contributed by atoms with Crippen LogP contribution < -0.4 is 0 Å². The molecular formula is C17H25FN2O2. The summed E-state index contributed by atoms with van der Waals surface area (Å²) in [6.45, 7) is 5.71. The number of aliphatic hydroxyl groups is 1. The summed E-state index contributed by atoms with van der Waals surface area (Å²) in [6.07, 6.45) is 1.86. The third-order valence-electron chi connectivity index (χ3n) is 4.64. The van der Waals surface area contributed by atoms with Gasteiger partial charge in [-0.2, -0.15) is 0 Å². The Morgan fingerprint density at radius 2 is 1.86 bits per heavy atom. The first-order valence-corrected chi connectivity index (χ1v) is 8.20. The highest BCUT2D eigenvalue weighted by Gasteiger charge is 2.28. The van der Waals surface area contributed by atoms with Gasteiger partial charge in [-0.15, -0.1) is 0 Å². The lowest BCUT2D eigenvalue weighted by atomic mass is 10.0. The van der Waals surface area contributed by atoms with Crippen molar-refractivity contribution in [2.75, 3.05) is 45.9 Å². The second-order valence-corrected chi connectivity index (χ2v) is 6.27. The molecule has 0 saturated carbocycles. The van der Waals surface area contributed by atoms with Crippen molar-refractivity contribution in [2.45, 2.75) is 25.0 Å². The minimum absolute atomic E-state index is 0.194. The monoisotopic (exact) mass is 308 g/mol. The predicted octanol–water partition coefficient (Wildman–Crippen LogP) is 1.66. The largest absolute Gasteiger partial charge is 0.390 e. The number of hydrogen-bond donors (Lipinski definition) is 1. The number of benzene rings is 1. The van der Waals surface area contributed by atoms with Gasteiger partial charge in [0.2, 0.25) is 0 Å². The zero-order chi connectivity index (χ0) is 15.4. The molecule has 1 aromatic carbocycles. The number of morpholine rings is 1. The molecule has 122 valence electrons. The van der Waals surface area contributed by atoms with Gasteiger partial charge in [-0.05, 0) is 37.1 Å². The van der Waals surface area contributed by atoms with Crippen LogP contribution in [0.2, 0.25) is 0 Å². The van der Waals surface area contributed by atoms with Crippen LogP contribution in [0.1, 0.15) is 24.4 Å². The van der Waals surface area contributed by atoms with Gasteiger partial charge < -0.3 is 9.84 Å². The molecule has 0 amide bonds. The number of hydrogen-bond acceptors (Lipinski definition) is 4. The molecule has 5 heteroatoms. The number of β-amino-alcohol motifs (C(OH)–C–C–N with tert-alkyl or cyclic N) is 1. The number of ether oxygens (including phenoxy) is 1. The van der Waals surface area contributed by atoms with E-state index in [0.29, 0.717) is 19.1 Å². The molecule has 0 bridgehead atoms. The number of aliphatic hydroxyl groups excluding tert-OH is 1. The van der Waals surface area contributed by atoms with E-state index in [4.69, 9.17) is 4.74 Å². The molecule has 22 heavy (non-hydrogen) atoms. The summed E-state index contributed by atoms with van der Waals surface area (Å²) >= 11 is 0. The van der Waals surface area contributed by atoms with Crippen molar-refractivity contribution in [1.82, 2.24) is 9.80 Å². The Kier molecular flexibility index (Phi) is 5.41. The molecule has 2 unspecified atom stereocenters. The minimum Gasteiger partial charge on any atom is -0.390 e. The second kappa shape index (κ2) is 7.51. The quantitative estimate of drug-likeness (QED) is 0.897. The second-order valence-electron chi connectivity index (χ2n) is 6.27. The number of nitrogens with zero attached hydrogens (tertiary/aromatic N) is 2. The van der Waals surface area contributed by atoms with E-state index in [2.05, 4.69) is 9.80 Å². The van der Waals surface area contributed by atoms with Crippen molar-refractivity contribution in [2.24, 2.45) is 0 Å². The van der Waals surface area contributed by atoms with E-state index >= 15 is 0 Å². The summed E-state index contributed by atoms with van der Waals surface area (Å²) in [5, 5.41) is 10.4. The van der Waals surface area contributed by atoms with Crippen molar-refractivity contribution in [3.63, 3.8) is 0 Å². The van der Waals surface area contributed by atoms with Crippen LogP contribution in [-0.4, -0.2) is 66.9 Å². The van der Waals surface area contributed by atoms with Gasteiger partial charge in [-0.25, -0.2) is 4.39 Å². The smallest absolute Gasteiger partial charge is 0.123 e. The van der Waals surface area contributed by atoms with E-state index in [0.717, 1.165) is 51.3 Å². The van der Waals surface area contributed by atoms with Gasteiger partial charge in [-0.1, -0.05) is 12.1 Å². The maximum Gasteiger partial charge on any atom is 0.123 e. The molecule has 0 spiro atoms. The van der Waals surface area contributed by atoms with Crippen LogP contribution in [0.5, 0.6) is 0 Å². The molecule has 0 radical (unpaired) electrons. The Labute approximate surface area is 131 Å². The van der Waals surface area contributed by atoms with Crippen LogP contribution in [0.15, 0.2) is 24.3 Å². The lowest BCUT2D eigenvalue weighted by Gasteiger charge is -2.32. The molecule has 2 atom stereocenters. The third-order valence-corrected chi connectivity index (χ3v) is 4.64. The predicted molar refractivity (Wildman–Crippen MR) is 83.2 cm³/mol. The Balaban J connectivity index is 1.55. The number of halogens is 1. The highest BCUT2D eigenvalue weighted by molar-refractivity contribution is 5.21. The number of likely N-dealkylation sites (tertiary alicyclic amines) is 1. The SMILES string of the molecule is OC(CN1CCOCC1)CN1CCCC1c1ccc(F)cc1. The van der Waals surface area contributed by atoms with Crippen molar-refractivity contribution < 1.29 is 14.2 Å². The highest BCUT2D eigenvalue weighted by atomic mass is 19.1. The van der Waals surface area contributed by atoms with E-state index < -0.39 is 0 Å². The molecular weight excluding hydrogens is 283 g/mol. The third kappa shape index (κ3) is 4.04. The van der Waals surface area contributed by atoms with E-state index in [1.54, 1.807) is 0 Å². The molecule has 2 saturated heterocycles. The van der Waals surface area contributed by atoms with Gasteiger partial charge >= 0.3 is 0 Å². The van der Waals surface area contributed by atoms with Gasteiger partial charge in [0.25, 0.3) is 0 Å². The average molecular weight is 308 g/mol. The molecule has 0 aromatic heterocycles. The summed E-state index contributed by atoms with van der Waals surface area (Å²) in [7, 11) is 0. The van der Waals surface area contributed by atoms with Crippen molar-refractivity contribution in [3.05, 3.63) is 35.6 Å². The van der Waals surface area contributed by atoms with E-state index in [9.17, 15) is 9.50 Å². The molecule has 1 N–H and O–H groups in total. The Morgan fingerprint density at radius 3 is 2.59 bits per heavy atom. The zero-order valence-electron chi connectivity index (χ0n) is 13.0.